The molecule has 6 heteroatoms. The molecule has 3 heterocycles. The number of fused-ring (bicyclic) bond motifs is 2. The summed E-state index contributed by atoms with van der Waals surface area (Å²) in [6.07, 6.45) is 6.11. The summed E-state index contributed by atoms with van der Waals surface area (Å²) in [5, 5.41) is 1.11. The Hall–Kier alpha value is -2.89. The molecule has 2 aliphatic rings. The van der Waals surface area contributed by atoms with E-state index in [1.165, 1.54) is 18.4 Å². The van der Waals surface area contributed by atoms with Gasteiger partial charge >= 0.3 is 0 Å². The van der Waals surface area contributed by atoms with Crippen molar-refractivity contribution >= 4 is 22.5 Å². The number of nitrogens with zero attached hydrogens (tertiary/aromatic N) is 4. The van der Waals surface area contributed by atoms with Gasteiger partial charge in [-0.05, 0) is 42.5 Å². The van der Waals surface area contributed by atoms with Gasteiger partial charge in [0.2, 0.25) is 0 Å². The van der Waals surface area contributed by atoms with E-state index in [0.29, 0.717) is 5.92 Å². The van der Waals surface area contributed by atoms with Crippen LogP contribution in [0.3, 0.4) is 0 Å². The minimum absolute atomic E-state index is 0.0467. The Morgan fingerprint density at radius 1 is 1.20 bits per heavy atom. The summed E-state index contributed by atoms with van der Waals surface area (Å²) in [5.41, 5.74) is 3.82. The molecule has 25 heavy (non-hydrogen) atoms. The van der Waals surface area contributed by atoms with E-state index in [1.54, 1.807) is 18.1 Å². The van der Waals surface area contributed by atoms with Crippen molar-refractivity contribution in [1.29, 1.82) is 0 Å². The van der Waals surface area contributed by atoms with E-state index in [9.17, 15) is 4.79 Å². The van der Waals surface area contributed by atoms with Crippen LogP contribution in [0.25, 0.3) is 22.4 Å². The van der Waals surface area contributed by atoms with E-state index < -0.39 is 0 Å². The molecule has 1 saturated carbocycles. The summed E-state index contributed by atoms with van der Waals surface area (Å²) in [4.78, 5) is 22.9. The zero-order valence-electron chi connectivity index (χ0n) is 14.2. The van der Waals surface area contributed by atoms with Crippen molar-refractivity contribution in [3.8, 4) is 17.3 Å². The number of carbonyl (C=O) groups excluding carboxylic acids is 1. The minimum Gasteiger partial charge on any atom is -0.482 e. The third-order valence-corrected chi connectivity index (χ3v) is 5.08. The molecule has 3 aromatic rings. The molecule has 2 aromatic heterocycles. The van der Waals surface area contributed by atoms with Crippen molar-refractivity contribution in [3.05, 3.63) is 36.2 Å². The molecule has 1 aliphatic heterocycles. The summed E-state index contributed by atoms with van der Waals surface area (Å²) in [6, 6.07) is 6.16. The topological polar surface area (TPSA) is 60.3 Å². The highest BCUT2D eigenvalue weighted by Crippen LogP contribution is 2.46. The first kappa shape index (κ1) is 14.5. The summed E-state index contributed by atoms with van der Waals surface area (Å²) in [5.74, 6) is 2.13. The van der Waals surface area contributed by atoms with Crippen LogP contribution in [0.1, 0.15) is 24.3 Å². The van der Waals surface area contributed by atoms with E-state index >= 15 is 0 Å². The molecule has 1 amide bonds. The van der Waals surface area contributed by atoms with Crippen LogP contribution in [-0.4, -0.2) is 34.1 Å². The molecule has 1 aromatic carbocycles. The van der Waals surface area contributed by atoms with Crippen molar-refractivity contribution in [1.82, 2.24) is 14.5 Å². The van der Waals surface area contributed by atoms with Crippen LogP contribution in [-0.2, 0) is 11.8 Å². The van der Waals surface area contributed by atoms with E-state index in [4.69, 9.17) is 9.72 Å². The van der Waals surface area contributed by atoms with Gasteiger partial charge in [-0.3, -0.25) is 4.79 Å². The number of anilines is 1. The molecular weight excluding hydrogens is 316 g/mol. The number of aromatic nitrogens is 3. The zero-order chi connectivity index (χ0) is 17.1. The number of imidazole rings is 1. The van der Waals surface area contributed by atoms with Crippen LogP contribution in [0.15, 0.2) is 30.6 Å². The average molecular weight is 334 g/mol. The number of ether oxygens (including phenoxy) is 1. The van der Waals surface area contributed by atoms with Gasteiger partial charge in [0.15, 0.2) is 12.4 Å². The fraction of sp³-hybridized carbons (Fsp3) is 0.316. The molecule has 126 valence electrons. The van der Waals surface area contributed by atoms with E-state index in [-0.39, 0.29) is 12.5 Å². The minimum atomic E-state index is -0.0467. The van der Waals surface area contributed by atoms with Crippen LogP contribution in [0.5, 0.6) is 5.75 Å². The highest BCUT2D eigenvalue weighted by atomic mass is 16.5. The molecule has 1 fully saturated rings. The Morgan fingerprint density at radius 3 is 2.76 bits per heavy atom. The van der Waals surface area contributed by atoms with Gasteiger partial charge < -0.3 is 14.2 Å². The lowest BCUT2D eigenvalue weighted by molar-refractivity contribution is -0.120. The lowest BCUT2D eigenvalue weighted by Gasteiger charge is -2.26. The molecule has 0 saturated heterocycles. The highest BCUT2D eigenvalue weighted by molar-refractivity contribution is 6.01. The fourth-order valence-corrected chi connectivity index (χ4v) is 3.48. The van der Waals surface area contributed by atoms with Gasteiger partial charge in [0.05, 0.1) is 11.2 Å². The Kier molecular flexibility index (Phi) is 2.92. The number of likely N-dealkylation sites (N-methyl/N-ethyl adjacent to an activating group) is 1. The normalized spacial score (nSPS) is 16.9. The average Bonchev–Trinajstić information content (AvgIpc) is 3.37. The second-order valence-electron chi connectivity index (χ2n) is 6.81. The highest BCUT2D eigenvalue weighted by Gasteiger charge is 2.29. The zero-order valence-corrected chi connectivity index (χ0v) is 14.2. The van der Waals surface area contributed by atoms with Crippen molar-refractivity contribution in [2.45, 2.75) is 18.8 Å². The van der Waals surface area contributed by atoms with Gasteiger partial charge in [-0.1, -0.05) is 0 Å². The van der Waals surface area contributed by atoms with Crippen molar-refractivity contribution < 1.29 is 9.53 Å². The molecule has 0 radical (unpaired) electrons. The second-order valence-corrected chi connectivity index (χ2v) is 6.81. The predicted octanol–water partition coefficient (Wildman–Crippen LogP) is 2.87. The number of aryl methyl sites for hydroxylation is 1. The molecule has 0 spiro atoms. The largest absolute Gasteiger partial charge is 0.482 e. The first-order valence-corrected chi connectivity index (χ1v) is 8.47. The molecule has 1 aliphatic carbocycles. The number of carbonyl (C=O) groups is 1. The van der Waals surface area contributed by atoms with Crippen LogP contribution < -0.4 is 9.64 Å². The molecule has 0 bridgehead atoms. The second kappa shape index (κ2) is 5.05. The quantitative estimate of drug-likeness (QED) is 0.723. The summed E-state index contributed by atoms with van der Waals surface area (Å²) >= 11 is 0. The number of benzene rings is 1. The van der Waals surface area contributed by atoms with Gasteiger partial charge in [-0.25, -0.2) is 9.97 Å². The molecule has 5 rings (SSSR count). The molecule has 0 atom stereocenters. The Bertz CT molecular complexity index is 1020. The lowest BCUT2D eigenvalue weighted by atomic mass is 10.0. The Labute approximate surface area is 145 Å². The van der Waals surface area contributed by atoms with Crippen LogP contribution in [0, 0.1) is 0 Å². The lowest BCUT2D eigenvalue weighted by Crippen LogP contribution is -2.35. The first-order valence-electron chi connectivity index (χ1n) is 8.47. The number of pyridine rings is 1. The van der Waals surface area contributed by atoms with Gasteiger partial charge in [0.25, 0.3) is 5.91 Å². The fourth-order valence-electron chi connectivity index (χ4n) is 3.48. The number of rotatable bonds is 2. The van der Waals surface area contributed by atoms with Gasteiger partial charge in [-0.2, -0.15) is 0 Å². The monoisotopic (exact) mass is 334 g/mol. The third kappa shape index (κ3) is 2.21. The van der Waals surface area contributed by atoms with E-state index in [2.05, 4.69) is 11.1 Å². The van der Waals surface area contributed by atoms with Gasteiger partial charge in [0.1, 0.15) is 11.4 Å². The standard InChI is InChI=1S/C19H18N4O2/c1-22-6-5-20-19(22)15-7-12(11-3-4-11)13-8-17-16(9-14(13)21-15)23(2)18(24)10-25-17/h5-9,11H,3-4,10H2,1-2H3. The molecule has 6 nitrogen and oxygen atoms in total. The summed E-state index contributed by atoms with van der Waals surface area (Å²) in [6.45, 7) is 0.0898. The Balaban J connectivity index is 1.77. The SMILES string of the molecule is CN1C(=O)COc2cc3c(C4CC4)cc(-c4nccn4C)nc3cc21. The van der Waals surface area contributed by atoms with Crippen LogP contribution in [0.2, 0.25) is 0 Å². The predicted molar refractivity (Wildman–Crippen MR) is 94.8 cm³/mol. The maximum Gasteiger partial charge on any atom is 0.264 e. The van der Waals surface area contributed by atoms with E-state index in [0.717, 1.165) is 33.9 Å². The third-order valence-electron chi connectivity index (χ3n) is 5.08. The van der Waals surface area contributed by atoms with Crippen LogP contribution >= 0.6 is 0 Å². The molecular formula is C19H18N4O2. The summed E-state index contributed by atoms with van der Waals surface area (Å²) in [7, 11) is 3.75. The van der Waals surface area contributed by atoms with Crippen molar-refractivity contribution in [3.63, 3.8) is 0 Å². The Morgan fingerprint density at radius 2 is 2.04 bits per heavy atom. The summed E-state index contributed by atoms with van der Waals surface area (Å²) < 4.78 is 7.63. The van der Waals surface area contributed by atoms with Crippen molar-refractivity contribution in [2.24, 2.45) is 7.05 Å². The maximum absolute atomic E-state index is 11.9. The van der Waals surface area contributed by atoms with Gasteiger partial charge in [0, 0.05) is 31.9 Å². The number of hydrogen-bond acceptors (Lipinski definition) is 4. The van der Waals surface area contributed by atoms with E-state index in [1.807, 2.05) is 29.9 Å². The molecule has 0 unspecified atom stereocenters. The maximum atomic E-state index is 11.9. The number of hydrogen-bond donors (Lipinski definition) is 0. The smallest absolute Gasteiger partial charge is 0.264 e. The van der Waals surface area contributed by atoms with Gasteiger partial charge in [-0.15, -0.1) is 0 Å². The molecule has 0 N–H and O–H groups in total. The first-order chi connectivity index (χ1) is 12.1. The van der Waals surface area contributed by atoms with Crippen LogP contribution in [0.4, 0.5) is 5.69 Å². The number of amides is 1. The van der Waals surface area contributed by atoms with Crippen molar-refractivity contribution in [2.75, 3.05) is 18.6 Å².